The molecule has 1 atom stereocenters. The van der Waals surface area contributed by atoms with E-state index in [0.717, 1.165) is 31.9 Å². The Hall–Kier alpha value is -1.06. The number of hydrogen-bond donors (Lipinski definition) is 1. The molecule has 0 amide bonds. The molecular formula is C16H26N2O. The highest BCUT2D eigenvalue weighted by Crippen LogP contribution is 2.30. The van der Waals surface area contributed by atoms with Crippen LogP contribution >= 0.6 is 0 Å². The fourth-order valence-corrected chi connectivity index (χ4v) is 2.79. The van der Waals surface area contributed by atoms with Gasteiger partial charge in [-0.15, -0.1) is 0 Å². The molecule has 0 aliphatic carbocycles. The summed E-state index contributed by atoms with van der Waals surface area (Å²) in [7, 11) is 1.74. The summed E-state index contributed by atoms with van der Waals surface area (Å²) in [6.45, 7) is 9.06. The fraction of sp³-hybridized carbons (Fsp3) is 0.625. The average Bonchev–Trinajstić information content (AvgIpc) is 2.45. The van der Waals surface area contributed by atoms with Crippen molar-refractivity contribution in [3.05, 3.63) is 29.8 Å². The highest BCUT2D eigenvalue weighted by atomic mass is 16.5. The first-order valence-corrected chi connectivity index (χ1v) is 7.29. The molecule has 1 saturated heterocycles. The Kier molecular flexibility index (Phi) is 5.23. The number of piperazine rings is 1. The van der Waals surface area contributed by atoms with Gasteiger partial charge in [-0.1, -0.05) is 26.0 Å². The van der Waals surface area contributed by atoms with Gasteiger partial charge in [-0.05, 0) is 30.0 Å². The van der Waals surface area contributed by atoms with Crippen molar-refractivity contribution in [2.45, 2.75) is 26.3 Å². The van der Waals surface area contributed by atoms with Crippen LogP contribution in [0.15, 0.2) is 24.3 Å². The van der Waals surface area contributed by atoms with Gasteiger partial charge in [-0.25, -0.2) is 0 Å². The molecule has 1 aliphatic heterocycles. The van der Waals surface area contributed by atoms with E-state index in [9.17, 15) is 0 Å². The standard InChI is InChI=1S/C16H26N2O/c1-13(2)11-16(18-9-7-17-8-10-18)14-5-4-6-15(12-14)19-3/h4-6,12-13,16-17H,7-11H2,1-3H3/t16-/m0/s1. The molecule has 0 bridgehead atoms. The van der Waals surface area contributed by atoms with E-state index in [2.05, 4.69) is 42.3 Å². The molecule has 1 heterocycles. The Bertz CT molecular complexity index is 386. The summed E-state index contributed by atoms with van der Waals surface area (Å²) in [6, 6.07) is 9.06. The number of hydrogen-bond acceptors (Lipinski definition) is 3. The molecule has 3 nitrogen and oxygen atoms in total. The molecular weight excluding hydrogens is 236 g/mol. The third kappa shape index (κ3) is 3.95. The van der Waals surface area contributed by atoms with Crippen molar-refractivity contribution in [1.29, 1.82) is 0 Å². The minimum Gasteiger partial charge on any atom is -0.497 e. The monoisotopic (exact) mass is 262 g/mol. The lowest BCUT2D eigenvalue weighted by atomic mass is 9.95. The quantitative estimate of drug-likeness (QED) is 0.883. The number of nitrogens with zero attached hydrogens (tertiary/aromatic N) is 1. The highest BCUT2D eigenvalue weighted by Gasteiger charge is 2.23. The molecule has 1 fully saturated rings. The lowest BCUT2D eigenvalue weighted by molar-refractivity contribution is 0.154. The number of ether oxygens (including phenoxy) is 1. The van der Waals surface area contributed by atoms with Gasteiger partial charge in [0.05, 0.1) is 7.11 Å². The zero-order valence-electron chi connectivity index (χ0n) is 12.4. The van der Waals surface area contributed by atoms with Gasteiger partial charge >= 0.3 is 0 Å². The van der Waals surface area contributed by atoms with E-state index in [-0.39, 0.29) is 0 Å². The second kappa shape index (κ2) is 6.92. The molecule has 0 unspecified atom stereocenters. The summed E-state index contributed by atoms with van der Waals surface area (Å²) in [5.74, 6) is 1.66. The van der Waals surface area contributed by atoms with Gasteiger partial charge in [0, 0.05) is 32.2 Å². The van der Waals surface area contributed by atoms with Crippen molar-refractivity contribution < 1.29 is 4.74 Å². The van der Waals surface area contributed by atoms with Crippen LogP contribution in [0.2, 0.25) is 0 Å². The summed E-state index contributed by atoms with van der Waals surface area (Å²) in [5, 5.41) is 3.43. The van der Waals surface area contributed by atoms with Crippen molar-refractivity contribution >= 4 is 0 Å². The zero-order chi connectivity index (χ0) is 13.7. The molecule has 0 aromatic heterocycles. The van der Waals surface area contributed by atoms with Crippen LogP contribution in [0.4, 0.5) is 0 Å². The maximum absolute atomic E-state index is 5.37. The third-order valence-corrected chi connectivity index (χ3v) is 3.77. The summed E-state index contributed by atoms with van der Waals surface area (Å²) in [6.07, 6.45) is 1.20. The predicted molar refractivity (Wildman–Crippen MR) is 79.6 cm³/mol. The molecule has 106 valence electrons. The van der Waals surface area contributed by atoms with Crippen molar-refractivity contribution in [3.63, 3.8) is 0 Å². The van der Waals surface area contributed by atoms with Crippen molar-refractivity contribution in [3.8, 4) is 5.75 Å². The van der Waals surface area contributed by atoms with Gasteiger partial charge in [-0.2, -0.15) is 0 Å². The first-order valence-electron chi connectivity index (χ1n) is 7.29. The molecule has 1 aromatic carbocycles. The topological polar surface area (TPSA) is 24.5 Å². The Balaban J connectivity index is 2.19. The van der Waals surface area contributed by atoms with Crippen LogP contribution in [0, 0.1) is 5.92 Å². The zero-order valence-corrected chi connectivity index (χ0v) is 12.4. The van der Waals surface area contributed by atoms with E-state index in [1.165, 1.54) is 12.0 Å². The van der Waals surface area contributed by atoms with Gasteiger partial charge in [0.1, 0.15) is 5.75 Å². The van der Waals surface area contributed by atoms with Gasteiger partial charge < -0.3 is 10.1 Å². The van der Waals surface area contributed by atoms with Crippen LogP contribution < -0.4 is 10.1 Å². The second-order valence-corrected chi connectivity index (χ2v) is 5.71. The van der Waals surface area contributed by atoms with Crippen LogP contribution in [-0.4, -0.2) is 38.2 Å². The van der Waals surface area contributed by atoms with Gasteiger partial charge in [-0.3, -0.25) is 4.90 Å². The van der Waals surface area contributed by atoms with Crippen LogP contribution in [-0.2, 0) is 0 Å². The molecule has 2 rings (SSSR count). The van der Waals surface area contributed by atoms with Crippen molar-refractivity contribution in [2.24, 2.45) is 5.92 Å². The lowest BCUT2D eigenvalue weighted by Crippen LogP contribution is -2.45. The van der Waals surface area contributed by atoms with Crippen LogP contribution in [0.25, 0.3) is 0 Å². The van der Waals surface area contributed by atoms with Crippen LogP contribution in [0.1, 0.15) is 31.9 Å². The number of rotatable bonds is 5. The Labute approximate surface area is 116 Å². The lowest BCUT2D eigenvalue weighted by Gasteiger charge is -2.36. The number of methoxy groups -OCH3 is 1. The third-order valence-electron chi connectivity index (χ3n) is 3.77. The molecule has 1 N–H and O–H groups in total. The van der Waals surface area contributed by atoms with Crippen LogP contribution in [0.3, 0.4) is 0 Å². The summed E-state index contributed by atoms with van der Waals surface area (Å²) in [5.41, 5.74) is 1.38. The van der Waals surface area contributed by atoms with E-state index in [1.54, 1.807) is 7.11 Å². The van der Waals surface area contributed by atoms with E-state index < -0.39 is 0 Å². The molecule has 0 saturated carbocycles. The maximum Gasteiger partial charge on any atom is 0.119 e. The fourth-order valence-electron chi connectivity index (χ4n) is 2.79. The van der Waals surface area contributed by atoms with Gasteiger partial charge in [0.2, 0.25) is 0 Å². The van der Waals surface area contributed by atoms with Crippen molar-refractivity contribution in [2.75, 3.05) is 33.3 Å². The largest absolute Gasteiger partial charge is 0.497 e. The average molecular weight is 262 g/mol. The molecule has 3 heteroatoms. The SMILES string of the molecule is COc1cccc([C@H](CC(C)C)N2CCNCC2)c1. The smallest absolute Gasteiger partial charge is 0.119 e. The first-order chi connectivity index (χ1) is 9.20. The summed E-state index contributed by atoms with van der Waals surface area (Å²) < 4.78 is 5.37. The van der Waals surface area contributed by atoms with Crippen molar-refractivity contribution in [1.82, 2.24) is 10.2 Å². The molecule has 0 radical (unpaired) electrons. The minimum absolute atomic E-state index is 0.511. The van der Waals surface area contributed by atoms with E-state index in [4.69, 9.17) is 4.74 Å². The van der Waals surface area contributed by atoms with Gasteiger partial charge in [0.15, 0.2) is 0 Å². The second-order valence-electron chi connectivity index (χ2n) is 5.71. The van der Waals surface area contributed by atoms with E-state index >= 15 is 0 Å². The van der Waals surface area contributed by atoms with E-state index in [1.807, 2.05) is 6.07 Å². The first kappa shape index (κ1) is 14.4. The number of nitrogens with one attached hydrogen (secondary N) is 1. The van der Waals surface area contributed by atoms with Gasteiger partial charge in [0.25, 0.3) is 0 Å². The molecule has 1 aliphatic rings. The number of benzene rings is 1. The Morgan fingerprint density at radius 3 is 2.63 bits per heavy atom. The summed E-state index contributed by atoms with van der Waals surface area (Å²) in [4.78, 5) is 2.60. The Morgan fingerprint density at radius 2 is 2.00 bits per heavy atom. The highest BCUT2D eigenvalue weighted by molar-refractivity contribution is 5.30. The maximum atomic E-state index is 5.37. The Morgan fingerprint density at radius 1 is 1.26 bits per heavy atom. The molecule has 19 heavy (non-hydrogen) atoms. The predicted octanol–water partition coefficient (Wildman–Crippen LogP) is 2.69. The molecule has 1 aromatic rings. The van der Waals surface area contributed by atoms with Crippen LogP contribution in [0.5, 0.6) is 5.75 Å². The minimum atomic E-state index is 0.511. The molecule has 0 spiro atoms. The summed E-state index contributed by atoms with van der Waals surface area (Å²) >= 11 is 0. The normalized spacial score (nSPS) is 18.5. The van der Waals surface area contributed by atoms with E-state index in [0.29, 0.717) is 12.0 Å².